The quantitative estimate of drug-likeness (QED) is 0.680. The Labute approximate surface area is 151 Å². The zero-order valence-corrected chi connectivity index (χ0v) is 15.7. The first kappa shape index (κ1) is 18.1. The van der Waals surface area contributed by atoms with Gasteiger partial charge < -0.3 is 4.98 Å². The molecule has 2 heterocycles. The van der Waals surface area contributed by atoms with Crippen molar-refractivity contribution in [2.24, 2.45) is 7.05 Å². The molecule has 0 aliphatic rings. The Morgan fingerprint density at radius 1 is 1.27 bits per heavy atom. The fourth-order valence-electron chi connectivity index (χ4n) is 2.94. The van der Waals surface area contributed by atoms with Crippen LogP contribution in [-0.4, -0.2) is 34.4 Å². The van der Waals surface area contributed by atoms with Crippen LogP contribution in [0.5, 0.6) is 0 Å². The Bertz CT molecular complexity index is 1120. The van der Waals surface area contributed by atoms with Crippen molar-refractivity contribution in [1.29, 1.82) is 0 Å². The van der Waals surface area contributed by atoms with E-state index in [4.69, 9.17) is 0 Å². The number of para-hydroxylation sites is 1. The highest BCUT2D eigenvalue weighted by molar-refractivity contribution is 7.92. The van der Waals surface area contributed by atoms with Crippen LogP contribution < -0.4 is 10.3 Å². The van der Waals surface area contributed by atoms with Crippen molar-refractivity contribution >= 4 is 26.7 Å². The third-order valence-electron chi connectivity index (χ3n) is 3.97. The zero-order valence-electron chi connectivity index (χ0n) is 14.9. The molecule has 0 radical (unpaired) electrons. The van der Waals surface area contributed by atoms with Gasteiger partial charge in [-0.3, -0.25) is 14.2 Å². The topological polar surface area (TPSA) is 110 Å². The van der Waals surface area contributed by atoms with Crippen molar-refractivity contribution < 1.29 is 8.42 Å². The van der Waals surface area contributed by atoms with Gasteiger partial charge in [-0.05, 0) is 18.1 Å². The number of anilines is 1. The Hall–Kier alpha value is -2.68. The average molecular weight is 375 g/mol. The van der Waals surface area contributed by atoms with Crippen LogP contribution in [0.2, 0.25) is 0 Å². The van der Waals surface area contributed by atoms with E-state index in [-0.39, 0.29) is 5.56 Å². The van der Waals surface area contributed by atoms with Crippen molar-refractivity contribution in [3.8, 4) is 0 Å². The molecule has 0 saturated heterocycles. The number of fused-ring (bicyclic) bond motifs is 1. The fraction of sp³-hybridized carbons (Fsp3) is 0.353. The van der Waals surface area contributed by atoms with E-state index in [9.17, 15) is 13.2 Å². The van der Waals surface area contributed by atoms with E-state index >= 15 is 0 Å². The number of hydrogen-bond acceptors (Lipinski definition) is 5. The number of H-pyrrole nitrogens is 1. The average Bonchev–Trinajstić information content (AvgIpc) is 2.85. The van der Waals surface area contributed by atoms with E-state index in [1.807, 2.05) is 13.0 Å². The molecule has 0 unspecified atom stereocenters. The highest BCUT2D eigenvalue weighted by Gasteiger charge is 2.15. The number of sulfonamides is 1. The molecule has 138 valence electrons. The summed E-state index contributed by atoms with van der Waals surface area (Å²) in [6.45, 7) is 2.04. The maximum atomic E-state index is 12.5. The summed E-state index contributed by atoms with van der Waals surface area (Å²) in [6.07, 6.45) is 3.03. The number of rotatable bonds is 6. The van der Waals surface area contributed by atoms with Crippen LogP contribution in [0.25, 0.3) is 11.0 Å². The summed E-state index contributed by atoms with van der Waals surface area (Å²) in [7, 11) is -1.68. The minimum Gasteiger partial charge on any atom is -0.308 e. The first-order valence-electron chi connectivity index (χ1n) is 8.29. The standard InChI is InChI=1S/C17H21N5O3S/c1-4-7-13-15-16(22(2)20-13)17(23)19-14(18-15)10-11-8-5-6-9-12(11)21-26(3,24)25/h5-6,8-9,21H,4,7,10H2,1-3H3,(H,18,19,23). The van der Waals surface area contributed by atoms with E-state index < -0.39 is 10.0 Å². The first-order chi connectivity index (χ1) is 12.3. The summed E-state index contributed by atoms with van der Waals surface area (Å²) >= 11 is 0. The molecule has 2 N–H and O–H groups in total. The largest absolute Gasteiger partial charge is 0.308 e. The fourth-order valence-corrected chi connectivity index (χ4v) is 3.54. The molecular formula is C17H21N5O3S. The molecule has 2 aromatic heterocycles. The van der Waals surface area contributed by atoms with Crippen LogP contribution in [0.15, 0.2) is 29.1 Å². The number of aromatic amines is 1. The lowest BCUT2D eigenvalue weighted by atomic mass is 10.1. The van der Waals surface area contributed by atoms with Crippen molar-refractivity contribution in [3.63, 3.8) is 0 Å². The molecule has 0 saturated carbocycles. The smallest absolute Gasteiger partial charge is 0.277 e. The van der Waals surface area contributed by atoms with Gasteiger partial charge in [0.05, 0.1) is 17.6 Å². The lowest BCUT2D eigenvalue weighted by Crippen LogP contribution is -2.15. The molecule has 0 aliphatic heterocycles. The second-order valence-corrected chi connectivity index (χ2v) is 7.99. The molecule has 0 aliphatic carbocycles. The molecule has 26 heavy (non-hydrogen) atoms. The maximum Gasteiger partial charge on any atom is 0.277 e. The summed E-state index contributed by atoms with van der Waals surface area (Å²) in [5, 5.41) is 4.40. The van der Waals surface area contributed by atoms with Gasteiger partial charge >= 0.3 is 0 Å². The molecule has 0 spiro atoms. The number of aryl methyl sites for hydroxylation is 2. The number of nitrogens with one attached hydrogen (secondary N) is 2. The first-order valence-corrected chi connectivity index (χ1v) is 10.2. The second-order valence-electron chi connectivity index (χ2n) is 6.24. The van der Waals surface area contributed by atoms with E-state index in [1.165, 1.54) is 0 Å². The Balaban J connectivity index is 2.05. The molecule has 1 aromatic carbocycles. The Morgan fingerprint density at radius 3 is 2.69 bits per heavy atom. The zero-order chi connectivity index (χ0) is 18.9. The van der Waals surface area contributed by atoms with Crippen molar-refractivity contribution in [3.05, 3.63) is 51.7 Å². The van der Waals surface area contributed by atoms with E-state index in [2.05, 4.69) is 19.8 Å². The van der Waals surface area contributed by atoms with Gasteiger partial charge in [-0.25, -0.2) is 13.4 Å². The summed E-state index contributed by atoms with van der Waals surface area (Å²) in [4.78, 5) is 19.8. The van der Waals surface area contributed by atoms with Gasteiger partial charge in [0.25, 0.3) is 5.56 Å². The highest BCUT2D eigenvalue weighted by Crippen LogP contribution is 2.20. The molecule has 0 bridgehead atoms. The third kappa shape index (κ3) is 3.77. The molecular weight excluding hydrogens is 354 g/mol. The van der Waals surface area contributed by atoms with E-state index in [0.717, 1.165) is 30.4 Å². The third-order valence-corrected chi connectivity index (χ3v) is 4.56. The van der Waals surface area contributed by atoms with Crippen LogP contribution in [-0.2, 0) is 29.9 Å². The van der Waals surface area contributed by atoms with Crippen LogP contribution in [0.3, 0.4) is 0 Å². The molecule has 3 aromatic rings. The number of nitrogens with zero attached hydrogens (tertiary/aromatic N) is 3. The maximum absolute atomic E-state index is 12.5. The predicted octanol–water partition coefficient (Wildman–Crippen LogP) is 1.57. The summed E-state index contributed by atoms with van der Waals surface area (Å²) in [6, 6.07) is 7.04. The van der Waals surface area contributed by atoms with Crippen molar-refractivity contribution in [2.45, 2.75) is 26.2 Å². The number of aromatic nitrogens is 4. The van der Waals surface area contributed by atoms with Crippen LogP contribution in [0.4, 0.5) is 5.69 Å². The van der Waals surface area contributed by atoms with Crippen molar-refractivity contribution in [1.82, 2.24) is 19.7 Å². The van der Waals surface area contributed by atoms with Gasteiger partial charge in [0.2, 0.25) is 10.0 Å². The normalized spacial score (nSPS) is 11.8. The monoisotopic (exact) mass is 375 g/mol. The van der Waals surface area contributed by atoms with Crippen LogP contribution in [0, 0.1) is 0 Å². The second kappa shape index (κ2) is 6.91. The summed E-state index contributed by atoms with van der Waals surface area (Å²) in [5.41, 5.74) is 2.77. The summed E-state index contributed by atoms with van der Waals surface area (Å²) in [5.74, 6) is 0.468. The Morgan fingerprint density at radius 2 is 2.00 bits per heavy atom. The minimum atomic E-state index is -3.40. The molecule has 9 heteroatoms. The molecule has 3 rings (SSSR count). The van der Waals surface area contributed by atoms with Gasteiger partial charge in [-0.15, -0.1) is 0 Å². The lowest BCUT2D eigenvalue weighted by molar-refractivity contribution is 0.606. The van der Waals surface area contributed by atoms with Gasteiger partial charge in [-0.1, -0.05) is 31.5 Å². The van der Waals surface area contributed by atoms with Crippen molar-refractivity contribution in [2.75, 3.05) is 11.0 Å². The molecule has 0 atom stereocenters. The SMILES string of the molecule is CCCc1nn(C)c2c(=O)[nH]c(Cc3ccccc3NS(C)(=O)=O)nc12. The van der Waals surface area contributed by atoms with Crippen LogP contribution >= 0.6 is 0 Å². The van der Waals surface area contributed by atoms with Crippen LogP contribution in [0.1, 0.15) is 30.4 Å². The molecule has 0 amide bonds. The van der Waals surface area contributed by atoms with E-state index in [1.54, 1.807) is 29.9 Å². The highest BCUT2D eigenvalue weighted by atomic mass is 32.2. The van der Waals surface area contributed by atoms with Gasteiger partial charge in [0.15, 0.2) is 5.52 Å². The van der Waals surface area contributed by atoms with E-state index in [0.29, 0.717) is 29.0 Å². The Kier molecular flexibility index (Phi) is 4.82. The number of hydrogen-bond donors (Lipinski definition) is 2. The van der Waals surface area contributed by atoms with Gasteiger partial charge in [0, 0.05) is 13.5 Å². The molecule has 0 fully saturated rings. The summed E-state index contributed by atoms with van der Waals surface area (Å²) < 4.78 is 27.2. The lowest BCUT2D eigenvalue weighted by Gasteiger charge is -2.10. The van der Waals surface area contributed by atoms with Gasteiger partial charge in [-0.2, -0.15) is 5.10 Å². The predicted molar refractivity (Wildman–Crippen MR) is 101 cm³/mol. The van der Waals surface area contributed by atoms with Gasteiger partial charge in [0.1, 0.15) is 11.3 Å². The minimum absolute atomic E-state index is 0.254. The molecule has 8 nitrogen and oxygen atoms in total. The number of benzene rings is 1.